The summed E-state index contributed by atoms with van der Waals surface area (Å²) in [6.45, 7) is 3.72. The zero-order valence-electron chi connectivity index (χ0n) is 12.5. The summed E-state index contributed by atoms with van der Waals surface area (Å²) in [5.74, 6) is 0.678. The second-order valence-corrected chi connectivity index (χ2v) is 7.84. The Bertz CT molecular complexity index is 578. The van der Waals surface area contributed by atoms with Crippen molar-refractivity contribution >= 4 is 10.2 Å². The van der Waals surface area contributed by atoms with Gasteiger partial charge < -0.3 is 4.52 Å². The second-order valence-electron chi connectivity index (χ2n) is 5.96. The van der Waals surface area contributed by atoms with Crippen LogP contribution in [-0.4, -0.2) is 41.8 Å². The van der Waals surface area contributed by atoms with Gasteiger partial charge in [0.2, 0.25) is 0 Å². The minimum Gasteiger partial charge on any atom is -0.359 e. The van der Waals surface area contributed by atoms with Crippen molar-refractivity contribution in [3.8, 4) is 0 Å². The van der Waals surface area contributed by atoms with Gasteiger partial charge in [0.15, 0.2) is 5.76 Å². The average Bonchev–Trinajstić information content (AvgIpc) is 3.06. The quantitative estimate of drug-likeness (QED) is 0.858. The minimum atomic E-state index is -3.39. The third kappa shape index (κ3) is 3.00. The first-order valence-electron chi connectivity index (χ1n) is 7.79. The number of hydrogen-bond donors (Lipinski definition) is 0. The Morgan fingerprint density at radius 2 is 1.86 bits per heavy atom. The molecule has 3 heterocycles. The Morgan fingerprint density at radius 3 is 2.52 bits per heavy atom. The first-order valence-corrected chi connectivity index (χ1v) is 9.19. The van der Waals surface area contributed by atoms with Crippen LogP contribution in [-0.2, 0) is 10.2 Å². The molecule has 2 aliphatic rings. The van der Waals surface area contributed by atoms with Gasteiger partial charge in [0.25, 0.3) is 10.2 Å². The van der Waals surface area contributed by atoms with E-state index in [-0.39, 0.29) is 6.04 Å². The molecule has 2 aliphatic heterocycles. The molecule has 1 unspecified atom stereocenters. The van der Waals surface area contributed by atoms with Crippen molar-refractivity contribution in [2.45, 2.75) is 51.5 Å². The van der Waals surface area contributed by atoms with Crippen LogP contribution in [0.25, 0.3) is 0 Å². The zero-order valence-corrected chi connectivity index (χ0v) is 13.3. The van der Waals surface area contributed by atoms with Crippen molar-refractivity contribution < 1.29 is 12.9 Å². The second kappa shape index (κ2) is 6.06. The van der Waals surface area contributed by atoms with Crippen LogP contribution in [0, 0.1) is 6.92 Å². The molecule has 6 nitrogen and oxygen atoms in total. The van der Waals surface area contributed by atoms with Crippen LogP contribution in [0.5, 0.6) is 0 Å². The molecule has 1 atom stereocenters. The van der Waals surface area contributed by atoms with Crippen molar-refractivity contribution in [1.82, 2.24) is 13.8 Å². The third-order valence-electron chi connectivity index (χ3n) is 4.37. The van der Waals surface area contributed by atoms with Crippen molar-refractivity contribution in [3.63, 3.8) is 0 Å². The Labute approximate surface area is 126 Å². The fourth-order valence-corrected chi connectivity index (χ4v) is 5.16. The summed E-state index contributed by atoms with van der Waals surface area (Å²) >= 11 is 0. The number of hydrogen-bond acceptors (Lipinski definition) is 4. The van der Waals surface area contributed by atoms with Crippen LogP contribution in [0.1, 0.15) is 56.0 Å². The van der Waals surface area contributed by atoms with Gasteiger partial charge in [0, 0.05) is 25.7 Å². The lowest BCUT2D eigenvalue weighted by Crippen LogP contribution is -2.44. The van der Waals surface area contributed by atoms with Crippen molar-refractivity contribution in [1.29, 1.82) is 0 Å². The molecule has 0 aromatic carbocycles. The summed E-state index contributed by atoms with van der Waals surface area (Å²) in [7, 11) is -3.39. The normalized spacial score (nSPS) is 26.0. The molecule has 0 spiro atoms. The summed E-state index contributed by atoms with van der Waals surface area (Å²) in [4.78, 5) is 0. The molecule has 7 heteroatoms. The summed E-state index contributed by atoms with van der Waals surface area (Å²) in [5, 5.41) is 3.93. The molecule has 2 fully saturated rings. The lowest BCUT2D eigenvalue weighted by Gasteiger charge is -2.31. The number of nitrogens with zero attached hydrogens (tertiary/aromatic N) is 3. The van der Waals surface area contributed by atoms with Gasteiger partial charge in [0.1, 0.15) is 0 Å². The van der Waals surface area contributed by atoms with Crippen LogP contribution in [0.4, 0.5) is 0 Å². The SMILES string of the molecule is Cc1cc(C2CCCCCN2S(=O)(=O)N2CCCC2)on1. The van der Waals surface area contributed by atoms with E-state index in [1.807, 2.05) is 13.0 Å². The van der Waals surface area contributed by atoms with Crippen molar-refractivity contribution in [3.05, 3.63) is 17.5 Å². The Balaban J connectivity index is 1.91. The van der Waals surface area contributed by atoms with E-state index < -0.39 is 10.2 Å². The summed E-state index contributed by atoms with van der Waals surface area (Å²) in [6, 6.07) is 1.65. The average molecular weight is 313 g/mol. The molecule has 21 heavy (non-hydrogen) atoms. The molecule has 0 amide bonds. The smallest absolute Gasteiger partial charge is 0.282 e. The van der Waals surface area contributed by atoms with Crippen molar-refractivity contribution in [2.24, 2.45) is 0 Å². The predicted octanol–water partition coefficient (Wildman–Crippen LogP) is 2.24. The van der Waals surface area contributed by atoms with Crippen LogP contribution < -0.4 is 0 Å². The Morgan fingerprint density at radius 1 is 1.14 bits per heavy atom. The molecular weight excluding hydrogens is 290 g/mol. The van der Waals surface area contributed by atoms with E-state index in [4.69, 9.17) is 4.52 Å². The van der Waals surface area contributed by atoms with Gasteiger partial charge in [-0.05, 0) is 32.6 Å². The van der Waals surface area contributed by atoms with Gasteiger partial charge in [-0.1, -0.05) is 18.0 Å². The molecule has 1 aromatic heterocycles. The lowest BCUT2D eigenvalue weighted by molar-refractivity contribution is 0.245. The van der Waals surface area contributed by atoms with E-state index in [9.17, 15) is 8.42 Å². The summed E-state index contributed by atoms with van der Waals surface area (Å²) in [6.07, 6.45) is 5.72. The van der Waals surface area contributed by atoms with Gasteiger partial charge >= 0.3 is 0 Å². The van der Waals surface area contributed by atoms with Crippen LogP contribution >= 0.6 is 0 Å². The lowest BCUT2D eigenvalue weighted by atomic mass is 10.1. The highest BCUT2D eigenvalue weighted by atomic mass is 32.2. The molecule has 1 aromatic rings. The Hall–Kier alpha value is -0.920. The molecule has 0 aliphatic carbocycles. The number of aromatic nitrogens is 1. The van der Waals surface area contributed by atoms with Crippen LogP contribution in [0.3, 0.4) is 0 Å². The first kappa shape index (κ1) is 15.0. The maximum Gasteiger partial charge on any atom is 0.282 e. The Kier molecular flexibility index (Phi) is 4.33. The number of rotatable bonds is 3. The first-order chi connectivity index (χ1) is 10.1. The van der Waals surface area contributed by atoms with E-state index in [2.05, 4.69) is 5.16 Å². The molecular formula is C14H23N3O3S. The molecule has 118 valence electrons. The van der Waals surface area contributed by atoms with E-state index in [0.29, 0.717) is 25.4 Å². The van der Waals surface area contributed by atoms with Crippen LogP contribution in [0.2, 0.25) is 0 Å². The maximum absolute atomic E-state index is 12.9. The minimum absolute atomic E-state index is 0.209. The van der Waals surface area contributed by atoms with Gasteiger partial charge in [-0.3, -0.25) is 0 Å². The molecule has 2 saturated heterocycles. The molecule has 0 bridgehead atoms. The van der Waals surface area contributed by atoms with E-state index in [1.54, 1.807) is 8.61 Å². The largest absolute Gasteiger partial charge is 0.359 e. The topological polar surface area (TPSA) is 66.7 Å². The van der Waals surface area contributed by atoms with Gasteiger partial charge in [-0.2, -0.15) is 17.0 Å². The van der Waals surface area contributed by atoms with Gasteiger partial charge in [-0.25, -0.2) is 0 Å². The summed E-state index contributed by atoms with van der Waals surface area (Å²) in [5.41, 5.74) is 0.799. The third-order valence-corrected chi connectivity index (χ3v) is 6.41. The fourth-order valence-electron chi connectivity index (χ4n) is 3.25. The highest BCUT2D eigenvalue weighted by Crippen LogP contribution is 2.34. The van der Waals surface area contributed by atoms with E-state index in [0.717, 1.165) is 44.2 Å². The molecule has 0 saturated carbocycles. The van der Waals surface area contributed by atoms with Gasteiger partial charge in [-0.15, -0.1) is 0 Å². The maximum atomic E-state index is 12.9. The monoisotopic (exact) mass is 313 g/mol. The summed E-state index contributed by atoms with van der Waals surface area (Å²) < 4.78 is 34.5. The van der Waals surface area contributed by atoms with E-state index in [1.165, 1.54) is 0 Å². The highest BCUT2D eigenvalue weighted by Gasteiger charge is 2.38. The predicted molar refractivity (Wildman–Crippen MR) is 78.9 cm³/mol. The molecule has 0 N–H and O–H groups in total. The van der Waals surface area contributed by atoms with Crippen LogP contribution in [0.15, 0.2) is 10.6 Å². The molecule has 0 radical (unpaired) electrons. The standard InChI is InChI=1S/C14H23N3O3S/c1-12-11-14(20-15-12)13-7-3-2-4-10-17(13)21(18,19)16-8-5-6-9-16/h11,13H,2-10H2,1H3. The molecule has 3 rings (SSSR count). The van der Waals surface area contributed by atoms with Gasteiger partial charge in [0.05, 0.1) is 11.7 Å². The fraction of sp³-hybridized carbons (Fsp3) is 0.786. The van der Waals surface area contributed by atoms with Crippen molar-refractivity contribution in [2.75, 3.05) is 19.6 Å². The highest BCUT2D eigenvalue weighted by molar-refractivity contribution is 7.86. The van der Waals surface area contributed by atoms with E-state index >= 15 is 0 Å². The zero-order chi connectivity index (χ0) is 14.9. The number of aryl methyl sites for hydroxylation is 1.